The number of Topliss-reactive ketones (excluding diaryl/α,β-unsaturated/α-hetero) is 1. The molecule has 0 bridgehead atoms. The summed E-state index contributed by atoms with van der Waals surface area (Å²) in [5.41, 5.74) is 1.35. The molecule has 0 fully saturated rings. The monoisotopic (exact) mass is 220 g/mol. The summed E-state index contributed by atoms with van der Waals surface area (Å²) in [6.45, 7) is 4.16. The summed E-state index contributed by atoms with van der Waals surface area (Å²) in [5, 5.41) is 0. The lowest BCUT2D eigenvalue weighted by molar-refractivity contribution is 0.1000. The van der Waals surface area contributed by atoms with Gasteiger partial charge in [-0.1, -0.05) is 6.92 Å². The summed E-state index contributed by atoms with van der Waals surface area (Å²) in [4.78, 5) is 15.6. The fourth-order valence-electron chi connectivity index (χ4n) is 1.81. The number of aryl methyl sites for hydroxylation is 1. The molecule has 0 radical (unpaired) electrons. The van der Waals surface area contributed by atoms with E-state index in [0.717, 1.165) is 6.42 Å². The highest BCUT2D eigenvalue weighted by Crippen LogP contribution is 2.18. The van der Waals surface area contributed by atoms with Crippen LogP contribution in [0.4, 0.5) is 4.39 Å². The Labute approximate surface area is 92.9 Å². The largest absolute Gasteiger partial charge is 0.321 e. The lowest BCUT2D eigenvalue weighted by Gasteiger charge is -2.04. The van der Waals surface area contributed by atoms with Gasteiger partial charge in [-0.15, -0.1) is 0 Å². The van der Waals surface area contributed by atoms with Crippen molar-refractivity contribution >= 4 is 16.8 Å². The molecule has 0 atom stereocenters. The van der Waals surface area contributed by atoms with Crippen LogP contribution in [0.2, 0.25) is 0 Å². The zero-order chi connectivity index (χ0) is 11.7. The summed E-state index contributed by atoms with van der Waals surface area (Å²) in [6, 6.07) is 4.38. The number of fused-ring (bicyclic) bond motifs is 1. The number of carbonyl (C=O) groups is 1. The zero-order valence-electron chi connectivity index (χ0n) is 9.33. The highest BCUT2D eigenvalue weighted by Gasteiger charge is 2.13. The predicted molar refractivity (Wildman–Crippen MR) is 60.0 cm³/mol. The first-order valence-electron chi connectivity index (χ1n) is 5.30. The maximum atomic E-state index is 13.1. The van der Waals surface area contributed by atoms with Crippen molar-refractivity contribution in [2.75, 3.05) is 0 Å². The lowest BCUT2D eigenvalue weighted by atomic mass is 10.3. The van der Waals surface area contributed by atoms with Crippen LogP contribution in [0.15, 0.2) is 18.2 Å². The molecule has 0 aliphatic heterocycles. The second-order valence-corrected chi connectivity index (χ2v) is 3.78. The van der Waals surface area contributed by atoms with Gasteiger partial charge in [-0.05, 0) is 24.6 Å². The summed E-state index contributed by atoms with van der Waals surface area (Å²) < 4.78 is 14.9. The van der Waals surface area contributed by atoms with Crippen molar-refractivity contribution in [2.24, 2.45) is 0 Å². The Hall–Kier alpha value is -1.71. The van der Waals surface area contributed by atoms with E-state index >= 15 is 0 Å². The van der Waals surface area contributed by atoms with Crippen LogP contribution in [0.3, 0.4) is 0 Å². The number of rotatable bonds is 3. The van der Waals surface area contributed by atoms with Crippen molar-refractivity contribution in [1.29, 1.82) is 0 Å². The van der Waals surface area contributed by atoms with Crippen molar-refractivity contribution in [1.82, 2.24) is 9.55 Å². The second-order valence-electron chi connectivity index (χ2n) is 3.78. The minimum absolute atomic E-state index is 0.0925. The van der Waals surface area contributed by atoms with Gasteiger partial charge in [-0.2, -0.15) is 0 Å². The van der Waals surface area contributed by atoms with Crippen LogP contribution in [-0.2, 0) is 6.54 Å². The van der Waals surface area contributed by atoms with Gasteiger partial charge in [0.15, 0.2) is 11.6 Å². The van der Waals surface area contributed by atoms with Gasteiger partial charge < -0.3 is 4.57 Å². The highest BCUT2D eigenvalue weighted by atomic mass is 19.1. The maximum Gasteiger partial charge on any atom is 0.195 e. The summed E-state index contributed by atoms with van der Waals surface area (Å²) >= 11 is 0. The van der Waals surface area contributed by atoms with Crippen LogP contribution in [0.1, 0.15) is 30.9 Å². The van der Waals surface area contributed by atoms with Gasteiger partial charge in [-0.3, -0.25) is 4.79 Å². The molecule has 0 aliphatic rings. The first-order valence-corrected chi connectivity index (χ1v) is 5.30. The molecule has 0 saturated heterocycles. The summed E-state index contributed by atoms with van der Waals surface area (Å²) in [6.07, 6.45) is 0.877. The Morgan fingerprint density at radius 2 is 2.25 bits per heavy atom. The molecule has 0 spiro atoms. The summed E-state index contributed by atoms with van der Waals surface area (Å²) in [5.74, 6) is 0.00682. The Bertz CT molecular complexity index is 545. The van der Waals surface area contributed by atoms with Crippen molar-refractivity contribution in [3.63, 3.8) is 0 Å². The number of hydrogen-bond acceptors (Lipinski definition) is 2. The minimum Gasteiger partial charge on any atom is -0.321 e. The van der Waals surface area contributed by atoms with E-state index in [4.69, 9.17) is 0 Å². The Morgan fingerprint density at radius 1 is 1.50 bits per heavy atom. The van der Waals surface area contributed by atoms with Crippen LogP contribution in [0.25, 0.3) is 11.0 Å². The van der Waals surface area contributed by atoms with Crippen LogP contribution < -0.4 is 0 Å². The van der Waals surface area contributed by atoms with Crippen molar-refractivity contribution < 1.29 is 9.18 Å². The van der Waals surface area contributed by atoms with Gasteiger partial charge in [0, 0.05) is 13.5 Å². The Morgan fingerprint density at radius 3 is 2.88 bits per heavy atom. The molecular formula is C12H13FN2O. The molecule has 0 amide bonds. The molecule has 1 heterocycles. The number of benzene rings is 1. The number of carbonyl (C=O) groups excluding carboxylic acids is 1. The smallest absolute Gasteiger partial charge is 0.195 e. The number of aromatic nitrogens is 2. The molecule has 0 saturated carbocycles. The SMILES string of the molecule is CCCn1c(C(C)=O)nc2ccc(F)cc21. The van der Waals surface area contributed by atoms with Crippen molar-refractivity contribution in [3.05, 3.63) is 29.8 Å². The zero-order valence-corrected chi connectivity index (χ0v) is 9.33. The van der Waals surface area contributed by atoms with Gasteiger partial charge in [-0.25, -0.2) is 9.37 Å². The van der Waals surface area contributed by atoms with Crippen molar-refractivity contribution in [2.45, 2.75) is 26.8 Å². The van der Waals surface area contributed by atoms with Crippen LogP contribution in [0, 0.1) is 5.82 Å². The molecule has 4 heteroatoms. The highest BCUT2D eigenvalue weighted by molar-refractivity contribution is 5.94. The van der Waals surface area contributed by atoms with E-state index in [2.05, 4.69) is 4.98 Å². The number of halogens is 1. The van der Waals surface area contributed by atoms with E-state index in [9.17, 15) is 9.18 Å². The Balaban J connectivity index is 2.71. The average Bonchev–Trinajstić information content (AvgIpc) is 2.58. The first kappa shape index (κ1) is 10.8. The predicted octanol–water partition coefficient (Wildman–Crippen LogP) is 2.79. The molecule has 0 aliphatic carbocycles. The molecule has 2 aromatic rings. The van der Waals surface area contributed by atoms with E-state index in [1.54, 1.807) is 10.6 Å². The minimum atomic E-state index is -0.306. The van der Waals surface area contributed by atoms with Crippen LogP contribution >= 0.6 is 0 Å². The first-order chi connectivity index (χ1) is 7.63. The number of ketones is 1. The molecule has 1 aromatic heterocycles. The number of nitrogens with zero attached hydrogens (tertiary/aromatic N) is 2. The molecule has 0 unspecified atom stereocenters. The third-order valence-corrected chi connectivity index (χ3v) is 2.47. The number of hydrogen-bond donors (Lipinski definition) is 0. The molecule has 84 valence electrons. The molecule has 2 rings (SSSR count). The molecular weight excluding hydrogens is 207 g/mol. The quantitative estimate of drug-likeness (QED) is 0.745. The fraction of sp³-hybridized carbons (Fsp3) is 0.333. The molecule has 1 aromatic carbocycles. The maximum absolute atomic E-state index is 13.1. The van der Waals surface area contributed by atoms with E-state index in [0.29, 0.717) is 23.4 Å². The fourth-order valence-corrected chi connectivity index (χ4v) is 1.81. The Kier molecular flexibility index (Phi) is 2.73. The normalized spacial score (nSPS) is 10.9. The van der Waals surface area contributed by atoms with E-state index in [-0.39, 0.29) is 11.6 Å². The van der Waals surface area contributed by atoms with Gasteiger partial charge in [0.25, 0.3) is 0 Å². The second kappa shape index (κ2) is 4.04. The van der Waals surface area contributed by atoms with Gasteiger partial charge >= 0.3 is 0 Å². The lowest BCUT2D eigenvalue weighted by Crippen LogP contribution is -2.07. The standard InChI is InChI=1S/C12H13FN2O/c1-3-6-15-11-7-9(13)4-5-10(11)14-12(15)8(2)16/h4-5,7H,3,6H2,1-2H3. The molecule has 3 nitrogen and oxygen atoms in total. The van der Waals surface area contributed by atoms with Crippen molar-refractivity contribution in [3.8, 4) is 0 Å². The summed E-state index contributed by atoms with van der Waals surface area (Å²) in [7, 11) is 0. The van der Waals surface area contributed by atoms with Crippen LogP contribution in [-0.4, -0.2) is 15.3 Å². The topological polar surface area (TPSA) is 34.9 Å². The van der Waals surface area contributed by atoms with Gasteiger partial charge in [0.05, 0.1) is 11.0 Å². The van der Waals surface area contributed by atoms with Crippen LogP contribution in [0.5, 0.6) is 0 Å². The van der Waals surface area contributed by atoms with E-state index < -0.39 is 0 Å². The number of imidazole rings is 1. The third kappa shape index (κ3) is 1.71. The van der Waals surface area contributed by atoms with E-state index in [1.165, 1.54) is 19.1 Å². The third-order valence-electron chi connectivity index (χ3n) is 2.47. The van der Waals surface area contributed by atoms with E-state index in [1.807, 2.05) is 6.92 Å². The molecule has 0 N–H and O–H groups in total. The molecule has 16 heavy (non-hydrogen) atoms. The van der Waals surface area contributed by atoms with Gasteiger partial charge in [0.2, 0.25) is 0 Å². The van der Waals surface area contributed by atoms with Gasteiger partial charge in [0.1, 0.15) is 5.82 Å². The average molecular weight is 220 g/mol.